The molecule has 4 bridgehead atoms. The fourth-order valence-electron chi connectivity index (χ4n) is 7.62. The van der Waals surface area contributed by atoms with Crippen molar-refractivity contribution < 1.29 is 4.79 Å². The van der Waals surface area contributed by atoms with E-state index in [1.165, 1.54) is 49.5 Å². The molecular formula is C30H28N4O. The quantitative estimate of drug-likeness (QED) is 0.299. The number of para-hydroxylation sites is 2. The highest BCUT2D eigenvalue weighted by atomic mass is 16.2. The van der Waals surface area contributed by atoms with E-state index in [1.807, 2.05) is 42.5 Å². The van der Waals surface area contributed by atoms with Gasteiger partial charge in [-0.25, -0.2) is 10.4 Å². The maximum absolute atomic E-state index is 13.2. The maximum Gasteiger partial charge on any atom is 0.289 e. The molecule has 0 saturated heterocycles. The summed E-state index contributed by atoms with van der Waals surface area (Å²) in [5, 5.41) is 6.48. The SMILES string of the molecule is O=C(N/N=C/c1ccnc2ccccc12)c1cc(C23CC4CC(CC(C4)C2)C3)c2ccccc2n1. The molecule has 5 nitrogen and oxygen atoms in total. The number of rotatable bonds is 4. The van der Waals surface area contributed by atoms with Gasteiger partial charge in [-0.05, 0) is 91.5 Å². The number of aromatic nitrogens is 2. The van der Waals surface area contributed by atoms with Gasteiger partial charge in [0.1, 0.15) is 5.69 Å². The summed E-state index contributed by atoms with van der Waals surface area (Å²) in [5.41, 5.74) is 7.41. The van der Waals surface area contributed by atoms with Gasteiger partial charge in [-0.3, -0.25) is 9.78 Å². The molecule has 4 saturated carbocycles. The Morgan fingerprint density at radius 2 is 1.54 bits per heavy atom. The Hall–Kier alpha value is -3.60. The Labute approximate surface area is 204 Å². The molecule has 5 heteroatoms. The molecule has 0 aliphatic heterocycles. The second-order valence-corrected chi connectivity index (χ2v) is 10.9. The highest BCUT2D eigenvalue weighted by Gasteiger charge is 2.52. The first-order valence-electron chi connectivity index (χ1n) is 12.7. The van der Waals surface area contributed by atoms with E-state index in [4.69, 9.17) is 4.98 Å². The molecule has 1 N–H and O–H groups in total. The molecule has 4 aliphatic rings. The van der Waals surface area contributed by atoms with Crippen molar-refractivity contribution in [2.24, 2.45) is 22.9 Å². The molecule has 0 unspecified atom stereocenters. The van der Waals surface area contributed by atoms with Gasteiger partial charge < -0.3 is 0 Å². The largest absolute Gasteiger partial charge is 0.289 e. The molecule has 174 valence electrons. The summed E-state index contributed by atoms with van der Waals surface area (Å²) < 4.78 is 0. The van der Waals surface area contributed by atoms with Gasteiger partial charge in [-0.15, -0.1) is 0 Å². The molecular weight excluding hydrogens is 432 g/mol. The Morgan fingerprint density at radius 3 is 2.29 bits per heavy atom. The average Bonchev–Trinajstić information content (AvgIpc) is 2.87. The van der Waals surface area contributed by atoms with Crippen LogP contribution in [0.4, 0.5) is 0 Å². The molecule has 35 heavy (non-hydrogen) atoms. The predicted molar refractivity (Wildman–Crippen MR) is 138 cm³/mol. The third-order valence-corrected chi connectivity index (χ3v) is 8.61. The lowest BCUT2D eigenvalue weighted by molar-refractivity contribution is -0.00453. The minimum Gasteiger partial charge on any atom is -0.266 e. The third kappa shape index (κ3) is 3.53. The van der Waals surface area contributed by atoms with Gasteiger partial charge >= 0.3 is 0 Å². The van der Waals surface area contributed by atoms with Crippen molar-refractivity contribution in [2.45, 2.75) is 43.9 Å². The standard InChI is InChI=1S/C30H28N4O/c35-29(34-32-18-22-9-10-31-26-7-3-1-5-23(22)26)28-14-25(24-6-2-4-8-27(24)33-28)30-15-19-11-20(16-30)13-21(12-19)17-30/h1-10,14,18-21H,11-13,15-17H2,(H,34,35)/b32-18+. The minimum atomic E-state index is -0.267. The van der Waals surface area contributed by atoms with Crippen LogP contribution in [0.1, 0.15) is 60.1 Å². The number of amides is 1. The van der Waals surface area contributed by atoms with Crippen molar-refractivity contribution in [3.8, 4) is 0 Å². The van der Waals surface area contributed by atoms with Crippen LogP contribution in [-0.4, -0.2) is 22.1 Å². The molecule has 4 fully saturated rings. The van der Waals surface area contributed by atoms with E-state index >= 15 is 0 Å². The lowest BCUT2D eigenvalue weighted by Gasteiger charge is -2.57. The van der Waals surface area contributed by atoms with Crippen molar-refractivity contribution in [3.05, 3.63) is 83.7 Å². The van der Waals surface area contributed by atoms with Crippen LogP contribution in [0.3, 0.4) is 0 Å². The normalized spacial score (nSPS) is 27.1. The van der Waals surface area contributed by atoms with E-state index in [1.54, 1.807) is 12.4 Å². The first-order chi connectivity index (χ1) is 17.2. The summed E-state index contributed by atoms with van der Waals surface area (Å²) in [4.78, 5) is 22.4. The van der Waals surface area contributed by atoms with Crippen molar-refractivity contribution >= 4 is 33.9 Å². The number of pyridine rings is 2. The van der Waals surface area contributed by atoms with Crippen molar-refractivity contribution in [3.63, 3.8) is 0 Å². The number of fused-ring (bicyclic) bond motifs is 2. The number of nitrogens with one attached hydrogen (secondary N) is 1. The molecule has 2 heterocycles. The monoisotopic (exact) mass is 460 g/mol. The summed E-state index contributed by atoms with van der Waals surface area (Å²) in [7, 11) is 0. The molecule has 4 aromatic rings. The predicted octanol–water partition coefficient (Wildman–Crippen LogP) is 6.01. The van der Waals surface area contributed by atoms with Crippen LogP contribution in [0.15, 0.2) is 72.0 Å². The van der Waals surface area contributed by atoms with Gasteiger partial charge in [0, 0.05) is 22.5 Å². The fraction of sp³-hybridized carbons (Fsp3) is 0.333. The molecule has 1 amide bonds. The molecule has 4 aliphatic carbocycles. The zero-order valence-corrected chi connectivity index (χ0v) is 19.7. The highest BCUT2D eigenvalue weighted by Crippen LogP contribution is 2.61. The van der Waals surface area contributed by atoms with E-state index in [9.17, 15) is 4.79 Å². The van der Waals surface area contributed by atoms with Crippen molar-refractivity contribution in [2.75, 3.05) is 0 Å². The Balaban J connectivity index is 1.22. The summed E-state index contributed by atoms with van der Waals surface area (Å²) in [5.74, 6) is 2.25. The second kappa shape index (κ2) is 7.98. The van der Waals surface area contributed by atoms with Crippen LogP contribution in [-0.2, 0) is 5.41 Å². The minimum absolute atomic E-state index is 0.186. The zero-order valence-electron chi connectivity index (χ0n) is 19.7. The number of carbonyl (C=O) groups is 1. The summed E-state index contributed by atoms with van der Waals surface area (Å²) >= 11 is 0. The van der Waals surface area contributed by atoms with Crippen LogP contribution >= 0.6 is 0 Å². The van der Waals surface area contributed by atoms with Crippen LogP contribution in [0.2, 0.25) is 0 Å². The number of carbonyl (C=O) groups excluding carboxylic acids is 1. The van der Waals surface area contributed by atoms with E-state index in [0.29, 0.717) is 5.69 Å². The number of benzene rings is 2. The zero-order chi connectivity index (χ0) is 23.4. The van der Waals surface area contributed by atoms with E-state index in [2.05, 4.69) is 33.7 Å². The molecule has 0 spiro atoms. The van der Waals surface area contributed by atoms with Crippen molar-refractivity contribution in [1.29, 1.82) is 0 Å². The molecule has 2 aromatic carbocycles. The Bertz CT molecular complexity index is 1450. The van der Waals surface area contributed by atoms with Crippen LogP contribution in [0.25, 0.3) is 21.8 Å². The Morgan fingerprint density at radius 1 is 0.886 bits per heavy atom. The van der Waals surface area contributed by atoms with Gasteiger partial charge in [0.15, 0.2) is 0 Å². The van der Waals surface area contributed by atoms with E-state index < -0.39 is 0 Å². The average molecular weight is 461 g/mol. The van der Waals surface area contributed by atoms with Gasteiger partial charge in [-0.2, -0.15) is 5.10 Å². The summed E-state index contributed by atoms with van der Waals surface area (Å²) in [6.45, 7) is 0. The number of nitrogens with zero attached hydrogens (tertiary/aromatic N) is 3. The van der Waals surface area contributed by atoms with E-state index in [-0.39, 0.29) is 11.3 Å². The third-order valence-electron chi connectivity index (χ3n) is 8.61. The second-order valence-electron chi connectivity index (χ2n) is 10.9. The van der Waals surface area contributed by atoms with Crippen LogP contribution in [0, 0.1) is 17.8 Å². The van der Waals surface area contributed by atoms with Crippen molar-refractivity contribution in [1.82, 2.24) is 15.4 Å². The van der Waals surface area contributed by atoms with Gasteiger partial charge in [-0.1, -0.05) is 36.4 Å². The lowest BCUT2D eigenvalue weighted by atomic mass is 9.48. The molecule has 0 atom stereocenters. The maximum atomic E-state index is 13.2. The smallest absolute Gasteiger partial charge is 0.266 e. The topological polar surface area (TPSA) is 67.2 Å². The summed E-state index contributed by atoms with van der Waals surface area (Å²) in [6, 6.07) is 20.2. The highest BCUT2D eigenvalue weighted by molar-refractivity contribution is 6.00. The summed E-state index contributed by atoms with van der Waals surface area (Å²) in [6.07, 6.45) is 11.4. The van der Waals surface area contributed by atoms with Gasteiger partial charge in [0.05, 0.1) is 17.2 Å². The molecule has 8 rings (SSSR count). The first kappa shape index (κ1) is 20.7. The number of hydrazone groups is 1. The van der Waals surface area contributed by atoms with E-state index in [0.717, 1.165) is 39.7 Å². The number of hydrogen-bond acceptors (Lipinski definition) is 4. The molecule has 0 radical (unpaired) electrons. The first-order valence-corrected chi connectivity index (χ1v) is 12.7. The fourth-order valence-corrected chi connectivity index (χ4v) is 7.62. The lowest BCUT2D eigenvalue weighted by Crippen LogP contribution is -2.48. The number of hydrogen-bond donors (Lipinski definition) is 1. The van der Waals surface area contributed by atoms with Crippen LogP contribution < -0.4 is 5.43 Å². The van der Waals surface area contributed by atoms with Crippen LogP contribution in [0.5, 0.6) is 0 Å². The molecule has 2 aromatic heterocycles. The van der Waals surface area contributed by atoms with Gasteiger partial charge in [0.25, 0.3) is 5.91 Å². The Kier molecular flexibility index (Phi) is 4.73. The van der Waals surface area contributed by atoms with Gasteiger partial charge in [0.2, 0.25) is 0 Å².